The van der Waals surface area contributed by atoms with Crippen molar-refractivity contribution in [2.24, 2.45) is 28.6 Å². The third kappa shape index (κ3) is 2.53. The lowest BCUT2D eigenvalue weighted by molar-refractivity contribution is -0.148. The van der Waals surface area contributed by atoms with Crippen molar-refractivity contribution in [2.75, 3.05) is 0 Å². The lowest BCUT2D eigenvalue weighted by Crippen LogP contribution is -2.50. The molecule has 4 aliphatic carbocycles. The molecule has 26 heavy (non-hydrogen) atoms. The van der Waals surface area contributed by atoms with Crippen molar-refractivity contribution >= 4 is 11.8 Å². The molecule has 2 fully saturated rings. The third-order valence-electron chi connectivity index (χ3n) is 8.35. The van der Waals surface area contributed by atoms with Crippen molar-refractivity contribution < 1.29 is 14.3 Å². The third-order valence-corrected chi connectivity index (χ3v) is 8.35. The van der Waals surface area contributed by atoms with Crippen molar-refractivity contribution in [3.8, 4) is 0 Å². The number of hydrogen-bond donors (Lipinski definition) is 0. The van der Waals surface area contributed by atoms with Gasteiger partial charge in [0.25, 0.3) is 0 Å². The number of fused-ring (bicyclic) bond motifs is 5. The van der Waals surface area contributed by atoms with Crippen LogP contribution in [0.1, 0.15) is 72.6 Å². The Morgan fingerprint density at radius 3 is 2.42 bits per heavy atom. The van der Waals surface area contributed by atoms with E-state index in [0.29, 0.717) is 17.8 Å². The fourth-order valence-electron chi connectivity index (χ4n) is 7.08. The molecule has 0 aliphatic heterocycles. The van der Waals surface area contributed by atoms with Gasteiger partial charge in [-0.05, 0) is 79.6 Å². The number of allylic oxidation sites excluding steroid dienone is 3. The summed E-state index contributed by atoms with van der Waals surface area (Å²) in [7, 11) is 0. The summed E-state index contributed by atoms with van der Waals surface area (Å²) >= 11 is 0. The number of ketones is 1. The van der Waals surface area contributed by atoms with E-state index in [9.17, 15) is 9.59 Å². The monoisotopic (exact) mass is 356 g/mol. The minimum Gasteiger partial charge on any atom is -0.462 e. The van der Waals surface area contributed by atoms with Gasteiger partial charge in [-0.2, -0.15) is 0 Å². The van der Waals surface area contributed by atoms with Crippen LogP contribution >= 0.6 is 0 Å². The molecule has 3 heteroatoms. The molecule has 4 aliphatic rings. The minimum absolute atomic E-state index is 0.0645. The van der Waals surface area contributed by atoms with E-state index in [1.807, 2.05) is 0 Å². The van der Waals surface area contributed by atoms with E-state index in [1.165, 1.54) is 18.9 Å². The Morgan fingerprint density at radius 1 is 1.00 bits per heavy atom. The number of carbonyl (C=O) groups excluding carboxylic acids is 2. The highest BCUT2D eigenvalue weighted by Gasteiger charge is 2.57. The van der Waals surface area contributed by atoms with Gasteiger partial charge in [0.2, 0.25) is 0 Å². The maximum absolute atomic E-state index is 12.2. The van der Waals surface area contributed by atoms with Gasteiger partial charge >= 0.3 is 5.97 Å². The van der Waals surface area contributed by atoms with E-state index in [2.05, 4.69) is 26.0 Å². The molecule has 0 radical (unpaired) electrons. The maximum Gasteiger partial charge on any atom is 0.302 e. The van der Waals surface area contributed by atoms with Crippen LogP contribution in [-0.4, -0.2) is 17.9 Å². The fraction of sp³-hybridized carbons (Fsp3) is 0.739. The highest BCUT2D eigenvalue weighted by Crippen LogP contribution is 2.65. The van der Waals surface area contributed by atoms with Gasteiger partial charge in [-0.25, -0.2) is 0 Å². The fourth-order valence-corrected chi connectivity index (χ4v) is 7.08. The number of hydrogen-bond acceptors (Lipinski definition) is 3. The summed E-state index contributed by atoms with van der Waals surface area (Å²) in [5.41, 5.74) is 2.96. The summed E-state index contributed by atoms with van der Waals surface area (Å²) in [6.07, 6.45) is 12.3. The molecule has 2 saturated carbocycles. The molecule has 142 valence electrons. The lowest BCUT2D eigenvalue weighted by Gasteiger charge is -2.57. The molecule has 0 bridgehead atoms. The highest BCUT2D eigenvalue weighted by molar-refractivity contribution is 5.95. The predicted octanol–water partition coefficient (Wildman–Crippen LogP) is 5.01. The van der Waals surface area contributed by atoms with Gasteiger partial charge in [-0.15, -0.1) is 0 Å². The highest BCUT2D eigenvalue weighted by atomic mass is 16.5. The number of rotatable bonds is 2. The Bertz CT molecular complexity index is 702. The SMILES string of the molecule is CC(=O)O[C@@H]1CC[C@]2(C)C(=CC[C@H]3[C@@H]4CC=C(C(C)=O)[C@]4(C)CC[C@@H]32)C1. The quantitative estimate of drug-likeness (QED) is 0.516. The molecule has 6 atom stereocenters. The number of esters is 1. The van der Waals surface area contributed by atoms with Crippen molar-refractivity contribution in [2.45, 2.75) is 78.7 Å². The van der Waals surface area contributed by atoms with E-state index < -0.39 is 0 Å². The summed E-state index contributed by atoms with van der Waals surface area (Å²) in [5.74, 6) is 2.11. The second kappa shape index (κ2) is 6.07. The molecule has 0 aromatic rings. The van der Waals surface area contributed by atoms with Crippen LogP contribution in [0.5, 0.6) is 0 Å². The first-order valence-electron chi connectivity index (χ1n) is 10.3. The number of ether oxygens (including phenoxy) is 1. The summed E-state index contributed by atoms with van der Waals surface area (Å²) < 4.78 is 5.52. The van der Waals surface area contributed by atoms with Gasteiger partial charge in [-0.1, -0.05) is 31.6 Å². The van der Waals surface area contributed by atoms with Crippen LogP contribution in [0, 0.1) is 28.6 Å². The molecule has 0 unspecified atom stereocenters. The van der Waals surface area contributed by atoms with Crippen molar-refractivity contribution in [3.63, 3.8) is 0 Å². The molecule has 0 saturated heterocycles. The second-order valence-corrected chi connectivity index (χ2v) is 9.60. The first-order chi connectivity index (χ1) is 12.3. The van der Waals surface area contributed by atoms with Crippen LogP contribution in [-0.2, 0) is 14.3 Å². The standard InChI is InChI=1S/C23H32O3/c1-14(24)19-7-8-20-18-6-5-16-13-17(26-15(2)25)9-11-22(16,3)21(18)10-12-23(19,20)4/h5,7,17-18,20-21H,6,8-13H2,1-4H3/t17-,18+,20+,21+,22-,23+/m1/s1. The molecule has 4 rings (SSSR count). The molecule has 0 aromatic carbocycles. The van der Waals surface area contributed by atoms with Gasteiger partial charge < -0.3 is 4.74 Å². The first-order valence-corrected chi connectivity index (χ1v) is 10.3. The van der Waals surface area contributed by atoms with Crippen molar-refractivity contribution in [1.29, 1.82) is 0 Å². The summed E-state index contributed by atoms with van der Waals surface area (Å²) in [5, 5.41) is 0. The van der Waals surface area contributed by atoms with Crippen LogP contribution in [0.15, 0.2) is 23.3 Å². The van der Waals surface area contributed by atoms with Crippen LogP contribution in [0.2, 0.25) is 0 Å². The molecule has 0 spiro atoms. The van der Waals surface area contributed by atoms with E-state index in [0.717, 1.165) is 44.1 Å². The normalized spacial score (nSPS) is 44.2. The number of carbonyl (C=O) groups is 2. The van der Waals surface area contributed by atoms with Gasteiger partial charge in [-0.3, -0.25) is 9.59 Å². The zero-order valence-corrected chi connectivity index (χ0v) is 16.6. The van der Waals surface area contributed by atoms with Gasteiger partial charge in [0.05, 0.1) is 0 Å². The Morgan fingerprint density at radius 2 is 1.73 bits per heavy atom. The maximum atomic E-state index is 12.2. The molecular formula is C23H32O3. The zero-order chi connectivity index (χ0) is 18.7. The van der Waals surface area contributed by atoms with E-state index in [-0.39, 0.29) is 28.7 Å². The van der Waals surface area contributed by atoms with E-state index in [4.69, 9.17) is 4.74 Å². The second-order valence-electron chi connectivity index (χ2n) is 9.60. The molecule has 3 nitrogen and oxygen atoms in total. The molecule has 0 N–H and O–H groups in total. The Kier molecular flexibility index (Phi) is 4.20. The average molecular weight is 357 g/mol. The van der Waals surface area contributed by atoms with Gasteiger partial charge in [0.15, 0.2) is 5.78 Å². The van der Waals surface area contributed by atoms with Crippen LogP contribution in [0.3, 0.4) is 0 Å². The van der Waals surface area contributed by atoms with Crippen LogP contribution < -0.4 is 0 Å². The smallest absolute Gasteiger partial charge is 0.302 e. The summed E-state index contributed by atoms with van der Waals surface area (Å²) in [6, 6.07) is 0. The largest absolute Gasteiger partial charge is 0.462 e. The topological polar surface area (TPSA) is 43.4 Å². The lowest BCUT2D eigenvalue weighted by atomic mass is 9.47. The molecule has 0 amide bonds. The van der Waals surface area contributed by atoms with Crippen molar-refractivity contribution in [1.82, 2.24) is 0 Å². The summed E-state index contributed by atoms with van der Waals surface area (Å²) in [4.78, 5) is 23.5. The van der Waals surface area contributed by atoms with E-state index >= 15 is 0 Å². The molecule has 0 heterocycles. The number of Topliss-reactive ketones (excluding diaryl/α,β-unsaturated/α-hetero) is 1. The Hall–Kier alpha value is -1.38. The molecule has 0 aromatic heterocycles. The average Bonchev–Trinajstić information content (AvgIpc) is 2.92. The Balaban J connectivity index is 1.59. The Labute approximate surface area is 157 Å². The summed E-state index contributed by atoms with van der Waals surface area (Å²) in [6.45, 7) is 8.05. The van der Waals surface area contributed by atoms with Gasteiger partial charge in [0, 0.05) is 13.3 Å². The van der Waals surface area contributed by atoms with Crippen LogP contribution in [0.4, 0.5) is 0 Å². The molecular weight excluding hydrogens is 324 g/mol. The van der Waals surface area contributed by atoms with Crippen molar-refractivity contribution in [3.05, 3.63) is 23.3 Å². The van der Waals surface area contributed by atoms with Gasteiger partial charge in [0.1, 0.15) is 6.10 Å². The van der Waals surface area contributed by atoms with E-state index in [1.54, 1.807) is 6.92 Å². The first kappa shape index (κ1) is 18.0. The predicted molar refractivity (Wildman–Crippen MR) is 101 cm³/mol. The van der Waals surface area contributed by atoms with Crippen LogP contribution in [0.25, 0.3) is 0 Å². The zero-order valence-electron chi connectivity index (χ0n) is 16.6. The minimum atomic E-state index is -0.157.